The Hall–Kier alpha value is -3.61. The molecule has 3 N–H and O–H groups in total. The van der Waals surface area contributed by atoms with Gasteiger partial charge in [-0.25, -0.2) is 14.4 Å². The van der Waals surface area contributed by atoms with Gasteiger partial charge in [-0.2, -0.15) is 9.61 Å². The van der Waals surface area contributed by atoms with Crippen LogP contribution in [0.25, 0.3) is 28.3 Å². The highest BCUT2D eigenvalue weighted by molar-refractivity contribution is 6.00. The second-order valence-electron chi connectivity index (χ2n) is 9.03. The number of alkyl halides is 1. The van der Waals surface area contributed by atoms with Gasteiger partial charge in [0.2, 0.25) is 0 Å². The van der Waals surface area contributed by atoms with Crippen molar-refractivity contribution in [3.05, 3.63) is 42.4 Å². The lowest BCUT2D eigenvalue weighted by Crippen LogP contribution is -2.42. The molecule has 4 aliphatic rings. The minimum Gasteiger partial charge on any atom is -0.388 e. The molecule has 0 spiro atoms. The number of aliphatic hydroxyl groups excluding tert-OH is 1. The molecule has 2 aromatic heterocycles. The average Bonchev–Trinajstić information content (AvgIpc) is 3.62. The van der Waals surface area contributed by atoms with Crippen LogP contribution in [0.15, 0.2) is 36.8 Å². The predicted molar refractivity (Wildman–Crippen MR) is 128 cm³/mol. The average molecular weight is 496 g/mol. The second-order valence-corrected chi connectivity index (χ2v) is 9.03. The van der Waals surface area contributed by atoms with Gasteiger partial charge in [-0.05, 0) is 18.6 Å². The third-order valence-electron chi connectivity index (χ3n) is 6.83. The van der Waals surface area contributed by atoms with E-state index in [4.69, 9.17) is 14.5 Å². The van der Waals surface area contributed by atoms with Crippen LogP contribution in [-0.2, 0) is 9.47 Å². The Morgan fingerprint density at radius 3 is 2.89 bits per heavy atom. The number of carbonyl (C=O) groups excluding carboxylic acids is 1. The Labute approximate surface area is 205 Å². The minimum absolute atomic E-state index is 0.0709. The first-order chi connectivity index (χ1) is 17.5. The number of nitrogens with zero attached hydrogens (tertiary/aromatic N) is 5. The van der Waals surface area contributed by atoms with Crippen LogP contribution in [0.1, 0.15) is 22.8 Å². The first-order valence-electron chi connectivity index (χ1n) is 11.9. The van der Waals surface area contributed by atoms with Crippen LogP contribution < -0.4 is 10.6 Å². The van der Waals surface area contributed by atoms with Crippen molar-refractivity contribution in [3.8, 4) is 22.6 Å². The zero-order valence-electron chi connectivity index (χ0n) is 19.6. The fraction of sp³-hybridized carbons (Fsp3) is 0.417. The van der Waals surface area contributed by atoms with Gasteiger partial charge in [-0.15, -0.1) is 0 Å². The van der Waals surface area contributed by atoms with Gasteiger partial charge in [0.25, 0.3) is 5.91 Å². The lowest BCUT2D eigenvalue weighted by Gasteiger charge is -2.29. The van der Waals surface area contributed by atoms with Crippen molar-refractivity contribution in [2.45, 2.75) is 30.8 Å². The number of aromatic nitrogens is 5. The van der Waals surface area contributed by atoms with Crippen LogP contribution in [0, 0.1) is 0 Å². The number of halogens is 1. The number of pyridine rings is 1. The molecule has 2 aromatic rings. The van der Waals surface area contributed by atoms with E-state index in [9.17, 15) is 14.3 Å². The van der Waals surface area contributed by atoms with Crippen molar-refractivity contribution < 1.29 is 23.8 Å². The number of amides is 1. The van der Waals surface area contributed by atoms with E-state index in [0.717, 1.165) is 11.1 Å². The van der Waals surface area contributed by atoms with E-state index in [-0.39, 0.29) is 31.4 Å². The van der Waals surface area contributed by atoms with E-state index in [1.807, 2.05) is 29.0 Å². The van der Waals surface area contributed by atoms with E-state index in [2.05, 4.69) is 20.7 Å². The molecule has 4 atom stereocenters. The maximum absolute atomic E-state index is 14.7. The summed E-state index contributed by atoms with van der Waals surface area (Å²) in [7, 11) is 1.76. The molecule has 0 aromatic carbocycles. The van der Waals surface area contributed by atoms with Gasteiger partial charge in [0.1, 0.15) is 23.4 Å². The third kappa shape index (κ3) is 3.77. The van der Waals surface area contributed by atoms with Crippen molar-refractivity contribution in [2.75, 3.05) is 38.8 Å². The van der Waals surface area contributed by atoms with Crippen molar-refractivity contribution in [1.29, 1.82) is 0 Å². The topological polar surface area (TPSA) is 128 Å². The molecule has 188 valence electrons. The second kappa shape index (κ2) is 9.12. The molecule has 2 unspecified atom stereocenters. The van der Waals surface area contributed by atoms with E-state index in [1.165, 1.54) is 6.20 Å². The van der Waals surface area contributed by atoms with Crippen LogP contribution in [-0.4, -0.2) is 87.0 Å². The number of ether oxygens (including phenoxy) is 2. The van der Waals surface area contributed by atoms with Gasteiger partial charge in [0, 0.05) is 43.2 Å². The maximum Gasteiger partial charge on any atom is 0.257 e. The van der Waals surface area contributed by atoms with Gasteiger partial charge >= 0.3 is 0 Å². The third-order valence-corrected chi connectivity index (χ3v) is 6.83. The summed E-state index contributed by atoms with van der Waals surface area (Å²) in [6.45, 7) is 0.994. The lowest BCUT2D eigenvalue weighted by atomic mass is 10.0. The van der Waals surface area contributed by atoms with Crippen LogP contribution in [0.2, 0.25) is 0 Å². The van der Waals surface area contributed by atoms with Crippen LogP contribution >= 0.6 is 0 Å². The monoisotopic (exact) mass is 495 g/mol. The number of aliphatic hydroxyl groups is 1. The smallest absolute Gasteiger partial charge is 0.257 e. The summed E-state index contributed by atoms with van der Waals surface area (Å²) in [5.41, 5.74) is 2.80. The Morgan fingerprint density at radius 2 is 2.11 bits per heavy atom. The highest BCUT2D eigenvalue weighted by Gasteiger charge is 2.31. The predicted octanol–water partition coefficient (Wildman–Crippen LogP) is 1.53. The van der Waals surface area contributed by atoms with Gasteiger partial charge < -0.3 is 29.8 Å². The molecule has 6 rings (SSSR count). The Balaban J connectivity index is 1.39. The summed E-state index contributed by atoms with van der Waals surface area (Å²) in [5.74, 6) is 0.893. The van der Waals surface area contributed by atoms with Gasteiger partial charge in [-0.3, -0.25) is 4.79 Å². The number of rotatable bonds is 5. The summed E-state index contributed by atoms with van der Waals surface area (Å²) < 4.78 is 28.6. The molecule has 0 radical (unpaired) electrons. The first kappa shape index (κ1) is 22.8. The van der Waals surface area contributed by atoms with Gasteiger partial charge in [0.05, 0.1) is 49.9 Å². The number of fused-ring (bicyclic) bond motifs is 2. The first-order valence-corrected chi connectivity index (χ1v) is 11.9. The fourth-order valence-corrected chi connectivity index (χ4v) is 4.90. The van der Waals surface area contributed by atoms with Crippen molar-refractivity contribution in [2.24, 2.45) is 0 Å². The molecule has 12 heteroatoms. The van der Waals surface area contributed by atoms with Crippen LogP contribution in [0.3, 0.4) is 0 Å². The highest BCUT2D eigenvalue weighted by Crippen LogP contribution is 2.37. The zero-order chi connectivity index (χ0) is 24.8. The summed E-state index contributed by atoms with van der Waals surface area (Å²) in [6.07, 6.45) is 3.70. The van der Waals surface area contributed by atoms with E-state index in [0.29, 0.717) is 36.0 Å². The number of hydrogen-bond donors (Lipinski definition) is 3. The Bertz CT molecular complexity index is 1390. The van der Waals surface area contributed by atoms with Crippen molar-refractivity contribution >= 4 is 17.4 Å². The molecule has 11 nitrogen and oxygen atoms in total. The highest BCUT2D eigenvalue weighted by atomic mass is 19.1. The normalized spacial score (nSPS) is 24.4. The SMILES string of the molecule is CNc1cc(-c2cnc3n(C4CCOC[C@H]4F)cccc2-3)nc2c(C(=O)NC3COC[C@@H]3O)cnn12. The van der Waals surface area contributed by atoms with Crippen LogP contribution in [0.5, 0.6) is 0 Å². The van der Waals surface area contributed by atoms with Crippen molar-refractivity contribution in [3.63, 3.8) is 0 Å². The summed E-state index contributed by atoms with van der Waals surface area (Å²) in [4.78, 5) is 22.4. The quantitative estimate of drug-likeness (QED) is 0.380. The number of carbonyl (C=O) groups is 1. The molecule has 4 aliphatic heterocycles. The number of anilines is 1. The van der Waals surface area contributed by atoms with Crippen LogP contribution in [0.4, 0.5) is 10.2 Å². The summed E-state index contributed by atoms with van der Waals surface area (Å²) >= 11 is 0. The largest absolute Gasteiger partial charge is 0.388 e. The number of hydrogen-bond acceptors (Lipinski definition) is 8. The molecule has 0 bridgehead atoms. The molecule has 6 heterocycles. The Kier molecular flexibility index (Phi) is 5.78. The van der Waals surface area contributed by atoms with Gasteiger partial charge in [-0.1, -0.05) is 0 Å². The molecule has 1 amide bonds. The van der Waals surface area contributed by atoms with Crippen molar-refractivity contribution in [1.82, 2.24) is 29.5 Å². The molecule has 36 heavy (non-hydrogen) atoms. The molecule has 2 fully saturated rings. The van der Waals surface area contributed by atoms with E-state index in [1.54, 1.807) is 17.8 Å². The standard InChI is InChI=1S/C24H26FN7O4/c1-26-21-7-17(29-23-15(9-28-32(21)23)24(34)30-18-11-36-12-20(18)33)14-8-27-22-13(14)3-2-5-31(22)19-4-6-35-10-16(19)25/h2-3,5,7-9,16,18-20,26,33H,4,6,10-12H2,1H3,(H,30,34)/t16-,18?,19?,20+/m1/s1. The maximum atomic E-state index is 14.7. The van der Waals surface area contributed by atoms with Gasteiger partial charge in [0.15, 0.2) is 5.65 Å². The fourth-order valence-electron chi connectivity index (χ4n) is 4.90. The lowest BCUT2D eigenvalue weighted by molar-refractivity contribution is 0.00346. The molecule has 0 aliphatic carbocycles. The van der Waals surface area contributed by atoms with E-state index < -0.39 is 24.2 Å². The minimum atomic E-state index is -1.11. The molecule has 0 saturated carbocycles. The molecular formula is C24H26FN7O4. The molecular weight excluding hydrogens is 469 g/mol. The van der Waals surface area contributed by atoms with E-state index >= 15 is 0 Å². The zero-order valence-corrected chi connectivity index (χ0v) is 19.6. The summed E-state index contributed by atoms with van der Waals surface area (Å²) in [6, 6.07) is 4.78. The summed E-state index contributed by atoms with van der Waals surface area (Å²) in [5, 5.41) is 20.2. The Morgan fingerprint density at radius 1 is 1.22 bits per heavy atom. The number of nitrogens with one attached hydrogen (secondary N) is 2. The molecule has 2 saturated heterocycles.